The normalized spacial score (nSPS) is 14.9. The molecule has 2 aromatic carbocycles. The summed E-state index contributed by atoms with van der Waals surface area (Å²) < 4.78 is 27.1. The lowest BCUT2D eigenvalue weighted by molar-refractivity contribution is 0.0951. The summed E-state index contributed by atoms with van der Waals surface area (Å²) in [6.07, 6.45) is 2.09. The molecule has 6 heteroatoms. The first-order valence-electron chi connectivity index (χ1n) is 9.54. The molecule has 1 N–H and O–H groups in total. The van der Waals surface area contributed by atoms with Crippen LogP contribution in [0.3, 0.4) is 0 Å². The molecule has 1 saturated carbocycles. The van der Waals surface area contributed by atoms with Crippen LogP contribution in [0.5, 0.6) is 0 Å². The van der Waals surface area contributed by atoms with Crippen LogP contribution in [0.4, 0.5) is 0 Å². The van der Waals surface area contributed by atoms with Crippen LogP contribution in [0.2, 0.25) is 0 Å². The number of rotatable bonds is 6. The highest BCUT2D eigenvalue weighted by molar-refractivity contribution is 7.89. The van der Waals surface area contributed by atoms with Gasteiger partial charge >= 0.3 is 0 Å². The summed E-state index contributed by atoms with van der Waals surface area (Å²) in [5.74, 6) is -0.0750. The van der Waals surface area contributed by atoms with Crippen LogP contribution in [-0.2, 0) is 22.0 Å². The van der Waals surface area contributed by atoms with Crippen LogP contribution < -0.4 is 5.32 Å². The van der Waals surface area contributed by atoms with Gasteiger partial charge in [0.1, 0.15) is 0 Å². The van der Waals surface area contributed by atoms with Gasteiger partial charge in [-0.15, -0.1) is 0 Å². The topological polar surface area (TPSA) is 66.5 Å². The Morgan fingerprint density at radius 3 is 2.11 bits per heavy atom. The molecule has 2 aromatic rings. The highest BCUT2D eigenvalue weighted by atomic mass is 32.2. The molecular formula is C22H28N2O3S. The molecule has 0 spiro atoms. The van der Waals surface area contributed by atoms with Crippen molar-refractivity contribution in [2.75, 3.05) is 7.05 Å². The van der Waals surface area contributed by atoms with Crippen molar-refractivity contribution < 1.29 is 13.2 Å². The third-order valence-corrected chi connectivity index (χ3v) is 6.78. The number of hydrogen-bond acceptors (Lipinski definition) is 3. The first-order chi connectivity index (χ1) is 13.1. The molecule has 1 fully saturated rings. The van der Waals surface area contributed by atoms with Gasteiger partial charge in [-0.3, -0.25) is 4.79 Å². The minimum atomic E-state index is -3.58. The second-order valence-corrected chi connectivity index (χ2v) is 10.5. The minimum absolute atomic E-state index is 0.0261. The van der Waals surface area contributed by atoms with E-state index in [4.69, 9.17) is 0 Å². The minimum Gasteiger partial charge on any atom is -0.349 e. The molecule has 0 aliphatic heterocycles. The zero-order valence-electron chi connectivity index (χ0n) is 16.9. The number of hydrogen-bond donors (Lipinski definition) is 1. The number of nitrogens with one attached hydrogen (secondary N) is 1. The summed E-state index contributed by atoms with van der Waals surface area (Å²) in [5.41, 5.74) is 2.50. The molecule has 0 saturated heterocycles. The summed E-state index contributed by atoms with van der Waals surface area (Å²) in [4.78, 5) is 12.3. The van der Waals surface area contributed by atoms with E-state index in [9.17, 15) is 13.2 Å². The van der Waals surface area contributed by atoms with Crippen LogP contribution in [0.15, 0.2) is 53.4 Å². The van der Waals surface area contributed by atoms with Gasteiger partial charge in [0.25, 0.3) is 5.91 Å². The SMILES string of the molecule is CN(Cc1ccc(C(=O)NC2CC2)cc1)S(=O)(=O)c1ccc(C(C)(C)C)cc1. The monoisotopic (exact) mass is 400 g/mol. The van der Waals surface area contributed by atoms with Crippen molar-refractivity contribution >= 4 is 15.9 Å². The Morgan fingerprint density at radius 1 is 1.04 bits per heavy atom. The summed E-state index contributed by atoms with van der Waals surface area (Å²) in [5, 5.41) is 2.95. The Hall–Kier alpha value is -2.18. The Morgan fingerprint density at radius 2 is 1.61 bits per heavy atom. The predicted octanol–water partition coefficient (Wildman–Crippen LogP) is 3.70. The van der Waals surface area contributed by atoms with Gasteiger partial charge in [0.2, 0.25) is 10.0 Å². The van der Waals surface area contributed by atoms with E-state index in [2.05, 4.69) is 26.1 Å². The summed E-state index contributed by atoms with van der Waals surface area (Å²) in [7, 11) is -2.01. The van der Waals surface area contributed by atoms with Crippen molar-refractivity contribution in [3.63, 3.8) is 0 Å². The van der Waals surface area contributed by atoms with Crippen molar-refractivity contribution in [1.82, 2.24) is 9.62 Å². The number of nitrogens with zero attached hydrogens (tertiary/aromatic N) is 1. The summed E-state index contributed by atoms with van der Waals surface area (Å²) in [6.45, 7) is 6.53. The van der Waals surface area contributed by atoms with Crippen molar-refractivity contribution in [1.29, 1.82) is 0 Å². The average Bonchev–Trinajstić information content (AvgIpc) is 3.45. The molecule has 150 valence electrons. The van der Waals surface area contributed by atoms with Crippen molar-refractivity contribution in [2.45, 2.75) is 56.5 Å². The molecule has 0 bridgehead atoms. The molecule has 1 aliphatic carbocycles. The quantitative estimate of drug-likeness (QED) is 0.804. The van der Waals surface area contributed by atoms with Gasteiger partial charge in [0.15, 0.2) is 0 Å². The standard InChI is InChI=1S/C22H28N2O3S/c1-22(2,3)18-9-13-20(14-10-18)28(26,27)24(4)15-16-5-7-17(8-6-16)21(25)23-19-11-12-19/h5-10,13-14,19H,11-12,15H2,1-4H3,(H,23,25). The maximum Gasteiger partial charge on any atom is 0.251 e. The third kappa shape index (κ3) is 4.80. The van der Waals surface area contributed by atoms with Crippen molar-refractivity contribution in [3.8, 4) is 0 Å². The number of sulfonamides is 1. The molecule has 28 heavy (non-hydrogen) atoms. The lowest BCUT2D eigenvalue weighted by Crippen LogP contribution is -2.27. The molecule has 1 amide bonds. The van der Waals surface area contributed by atoms with Crippen LogP contribution in [0.25, 0.3) is 0 Å². The van der Waals surface area contributed by atoms with E-state index in [0.29, 0.717) is 11.6 Å². The van der Waals surface area contributed by atoms with Crippen LogP contribution in [-0.4, -0.2) is 31.7 Å². The highest BCUT2D eigenvalue weighted by Crippen LogP contribution is 2.25. The molecule has 0 atom stereocenters. The van der Waals surface area contributed by atoms with E-state index < -0.39 is 10.0 Å². The fraction of sp³-hybridized carbons (Fsp3) is 0.409. The second kappa shape index (κ2) is 7.68. The van der Waals surface area contributed by atoms with Gasteiger partial charge in [-0.05, 0) is 53.6 Å². The van der Waals surface area contributed by atoms with Gasteiger partial charge in [0.05, 0.1) is 4.90 Å². The smallest absolute Gasteiger partial charge is 0.251 e. The Bertz CT molecular complexity index is 939. The van der Waals surface area contributed by atoms with Crippen LogP contribution in [0, 0.1) is 0 Å². The summed E-state index contributed by atoms with van der Waals surface area (Å²) >= 11 is 0. The second-order valence-electron chi connectivity index (χ2n) is 8.48. The Balaban J connectivity index is 1.68. The Kier molecular flexibility index (Phi) is 5.64. The largest absolute Gasteiger partial charge is 0.349 e. The number of amides is 1. The lowest BCUT2D eigenvalue weighted by Gasteiger charge is -2.21. The van der Waals surface area contributed by atoms with Crippen LogP contribution in [0.1, 0.15) is 55.1 Å². The maximum atomic E-state index is 12.9. The van der Waals surface area contributed by atoms with Gasteiger partial charge in [-0.25, -0.2) is 8.42 Å². The van der Waals surface area contributed by atoms with Crippen LogP contribution >= 0.6 is 0 Å². The number of carbonyl (C=O) groups excluding carboxylic acids is 1. The van der Waals surface area contributed by atoms with E-state index in [-0.39, 0.29) is 22.8 Å². The fourth-order valence-corrected chi connectivity index (χ4v) is 4.07. The Labute approximate surface area is 167 Å². The van der Waals surface area contributed by atoms with Gasteiger partial charge < -0.3 is 5.32 Å². The molecule has 1 aliphatic rings. The molecular weight excluding hydrogens is 372 g/mol. The average molecular weight is 401 g/mol. The van der Waals surface area contributed by atoms with Gasteiger partial charge in [0, 0.05) is 25.2 Å². The van der Waals surface area contributed by atoms with E-state index in [0.717, 1.165) is 24.0 Å². The molecule has 3 rings (SSSR count). The maximum absolute atomic E-state index is 12.9. The fourth-order valence-electron chi connectivity index (χ4n) is 2.91. The predicted molar refractivity (Wildman–Crippen MR) is 111 cm³/mol. The zero-order valence-corrected chi connectivity index (χ0v) is 17.7. The molecule has 5 nitrogen and oxygen atoms in total. The zero-order chi connectivity index (χ0) is 20.5. The van der Waals surface area contributed by atoms with E-state index in [1.54, 1.807) is 43.4 Å². The molecule has 0 heterocycles. The first kappa shape index (κ1) is 20.6. The molecule has 0 aromatic heterocycles. The number of carbonyl (C=O) groups is 1. The van der Waals surface area contributed by atoms with E-state index >= 15 is 0 Å². The van der Waals surface area contributed by atoms with E-state index in [1.165, 1.54) is 4.31 Å². The molecule has 0 radical (unpaired) electrons. The first-order valence-corrected chi connectivity index (χ1v) is 11.0. The summed E-state index contributed by atoms with van der Waals surface area (Å²) in [6, 6.07) is 14.5. The molecule has 0 unspecified atom stereocenters. The highest BCUT2D eigenvalue weighted by Gasteiger charge is 2.24. The van der Waals surface area contributed by atoms with Gasteiger partial charge in [-0.2, -0.15) is 4.31 Å². The number of benzene rings is 2. The van der Waals surface area contributed by atoms with E-state index in [1.807, 2.05) is 12.1 Å². The van der Waals surface area contributed by atoms with Crippen molar-refractivity contribution in [3.05, 3.63) is 65.2 Å². The third-order valence-electron chi connectivity index (χ3n) is 4.96. The van der Waals surface area contributed by atoms with Gasteiger partial charge in [-0.1, -0.05) is 45.0 Å². The van der Waals surface area contributed by atoms with Crippen molar-refractivity contribution in [2.24, 2.45) is 0 Å². The lowest BCUT2D eigenvalue weighted by atomic mass is 9.87.